The van der Waals surface area contributed by atoms with Crippen molar-refractivity contribution >= 4 is 15.9 Å². The fourth-order valence-corrected chi connectivity index (χ4v) is 3.21. The molecule has 0 radical (unpaired) electrons. The lowest BCUT2D eigenvalue weighted by molar-refractivity contribution is 0.123. The molecular weight excluding hydrogens is 307 g/mol. The Morgan fingerprint density at radius 1 is 1.37 bits per heavy atom. The van der Waals surface area contributed by atoms with Crippen LogP contribution in [0.5, 0.6) is 0 Å². The van der Waals surface area contributed by atoms with Crippen molar-refractivity contribution < 1.29 is 4.39 Å². The molecule has 1 aromatic rings. The number of hydrogen-bond acceptors (Lipinski definition) is 2. The van der Waals surface area contributed by atoms with Gasteiger partial charge in [-0.15, -0.1) is 0 Å². The quantitative estimate of drug-likeness (QED) is 0.918. The summed E-state index contributed by atoms with van der Waals surface area (Å²) in [4.78, 5) is 2.47. The zero-order valence-electron chi connectivity index (χ0n) is 11.6. The van der Waals surface area contributed by atoms with Crippen LogP contribution in [0.2, 0.25) is 0 Å². The van der Waals surface area contributed by atoms with Gasteiger partial charge in [-0.2, -0.15) is 0 Å². The Labute approximate surface area is 123 Å². The normalized spacial score (nSPS) is 18.8. The van der Waals surface area contributed by atoms with Gasteiger partial charge in [0.25, 0.3) is 0 Å². The van der Waals surface area contributed by atoms with Gasteiger partial charge in [0.1, 0.15) is 5.82 Å². The van der Waals surface area contributed by atoms with Crippen LogP contribution in [0.4, 0.5) is 4.39 Å². The number of likely N-dealkylation sites (tertiary alicyclic amines) is 1. The minimum atomic E-state index is -0.219. The Kier molecular flexibility index (Phi) is 4.64. The molecule has 1 unspecified atom stereocenters. The highest BCUT2D eigenvalue weighted by atomic mass is 79.9. The van der Waals surface area contributed by atoms with Crippen LogP contribution in [0.3, 0.4) is 0 Å². The van der Waals surface area contributed by atoms with Gasteiger partial charge in [0.15, 0.2) is 0 Å². The molecule has 0 amide bonds. The third-order valence-electron chi connectivity index (χ3n) is 4.28. The minimum Gasteiger partial charge on any atom is -0.326 e. The highest BCUT2D eigenvalue weighted by Gasteiger charge is 2.34. The van der Waals surface area contributed by atoms with Gasteiger partial charge in [-0.3, -0.25) is 4.90 Å². The molecule has 1 aromatic carbocycles. The molecule has 1 atom stereocenters. The predicted octanol–water partition coefficient (Wildman–Crippen LogP) is 3.33. The molecule has 0 aliphatic carbocycles. The van der Waals surface area contributed by atoms with Crippen LogP contribution in [-0.4, -0.2) is 29.6 Å². The van der Waals surface area contributed by atoms with E-state index < -0.39 is 0 Å². The Hall–Kier alpha value is -0.450. The maximum Gasteiger partial charge on any atom is 0.124 e. The van der Waals surface area contributed by atoms with Gasteiger partial charge in [0.05, 0.1) is 0 Å². The molecule has 106 valence electrons. The Morgan fingerprint density at radius 3 is 2.58 bits per heavy atom. The van der Waals surface area contributed by atoms with Gasteiger partial charge < -0.3 is 5.73 Å². The molecule has 1 aliphatic heterocycles. The molecule has 0 spiro atoms. The van der Waals surface area contributed by atoms with Gasteiger partial charge in [0.2, 0.25) is 0 Å². The second kappa shape index (κ2) is 5.90. The summed E-state index contributed by atoms with van der Waals surface area (Å²) in [5.41, 5.74) is 7.46. The van der Waals surface area contributed by atoms with Crippen LogP contribution in [0.25, 0.3) is 0 Å². The van der Waals surface area contributed by atoms with Crippen molar-refractivity contribution in [2.75, 3.05) is 13.1 Å². The fourth-order valence-electron chi connectivity index (χ4n) is 2.70. The van der Waals surface area contributed by atoms with Crippen LogP contribution in [0, 0.1) is 5.82 Å². The number of halogens is 2. The summed E-state index contributed by atoms with van der Waals surface area (Å²) in [5, 5.41) is 0. The summed E-state index contributed by atoms with van der Waals surface area (Å²) in [6, 6.07) is 4.85. The zero-order valence-corrected chi connectivity index (χ0v) is 13.2. The minimum absolute atomic E-state index is 0.0235. The van der Waals surface area contributed by atoms with E-state index in [1.807, 2.05) is 6.07 Å². The lowest BCUT2D eigenvalue weighted by Gasteiger charge is -2.40. The molecule has 2 rings (SSSR count). The second-order valence-electron chi connectivity index (χ2n) is 5.89. The van der Waals surface area contributed by atoms with E-state index in [4.69, 9.17) is 5.73 Å². The monoisotopic (exact) mass is 328 g/mol. The van der Waals surface area contributed by atoms with Crippen molar-refractivity contribution in [2.24, 2.45) is 5.73 Å². The van der Waals surface area contributed by atoms with Crippen molar-refractivity contribution in [3.8, 4) is 0 Å². The van der Waals surface area contributed by atoms with Gasteiger partial charge in [-0.05, 0) is 63.9 Å². The molecule has 1 heterocycles. The summed E-state index contributed by atoms with van der Waals surface area (Å²) >= 11 is 3.42. The van der Waals surface area contributed by atoms with Gasteiger partial charge in [-0.1, -0.05) is 22.0 Å². The first-order valence-corrected chi connectivity index (χ1v) is 7.65. The number of nitrogens with zero attached hydrogens (tertiary/aromatic N) is 1. The van der Waals surface area contributed by atoms with E-state index in [1.54, 1.807) is 0 Å². The van der Waals surface area contributed by atoms with Gasteiger partial charge in [0, 0.05) is 16.1 Å². The lowest BCUT2D eigenvalue weighted by Crippen LogP contribution is -2.56. The van der Waals surface area contributed by atoms with Gasteiger partial charge >= 0.3 is 0 Å². The van der Waals surface area contributed by atoms with Crippen molar-refractivity contribution in [3.05, 3.63) is 34.1 Å². The summed E-state index contributed by atoms with van der Waals surface area (Å²) in [6.07, 6.45) is 3.27. The van der Waals surface area contributed by atoms with E-state index in [1.165, 1.54) is 25.0 Å². The average molecular weight is 329 g/mol. The molecule has 0 saturated carbocycles. The summed E-state index contributed by atoms with van der Waals surface area (Å²) in [6.45, 7) is 6.68. The van der Waals surface area contributed by atoms with Crippen molar-refractivity contribution in [1.82, 2.24) is 4.90 Å². The maximum absolute atomic E-state index is 13.1. The van der Waals surface area contributed by atoms with Gasteiger partial charge in [-0.25, -0.2) is 4.39 Å². The highest BCUT2D eigenvalue weighted by Crippen LogP contribution is 2.27. The third-order valence-corrected chi connectivity index (χ3v) is 5.02. The number of nitrogens with two attached hydrogens (primary N) is 1. The van der Waals surface area contributed by atoms with E-state index in [9.17, 15) is 4.39 Å². The summed E-state index contributed by atoms with van der Waals surface area (Å²) < 4.78 is 13.9. The molecule has 0 aromatic heterocycles. The lowest BCUT2D eigenvalue weighted by atomic mass is 9.88. The number of benzene rings is 1. The maximum atomic E-state index is 13.1. The summed E-state index contributed by atoms with van der Waals surface area (Å²) in [5.74, 6) is -0.219. The highest BCUT2D eigenvalue weighted by molar-refractivity contribution is 9.10. The van der Waals surface area contributed by atoms with Crippen LogP contribution in [-0.2, 0) is 6.42 Å². The average Bonchev–Trinajstić information content (AvgIpc) is 2.86. The first kappa shape index (κ1) is 14.9. The predicted molar refractivity (Wildman–Crippen MR) is 80.7 cm³/mol. The van der Waals surface area contributed by atoms with Crippen LogP contribution in [0.15, 0.2) is 22.7 Å². The SMILES string of the molecule is CC(C)(C(N)Cc1ccc(F)cc1Br)N1CCCC1. The summed E-state index contributed by atoms with van der Waals surface area (Å²) in [7, 11) is 0. The largest absolute Gasteiger partial charge is 0.326 e. The molecule has 0 bridgehead atoms. The van der Waals surface area contributed by atoms with Crippen LogP contribution < -0.4 is 5.73 Å². The Morgan fingerprint density at radius 2 is 2.00 bits per heavy atom. The molecule has 2 N–H and O–H groups in total. The standard InChI is InChI=1S/C15H22BrFN2/c1-15(2,19-7-3-4-8-19)14(18)9-11-5-6-12(17)10-13(11)16/h5-6,10,14H,3-4,7-9,18H2,1-2H3. The number of hydrogen-bond donors (Lipinski definition) is 1. The zero-order chi connectivity index (χ0) is 14.0. The van der Waals surface area contributed by atoms with E-state index in [0.717, 1.165) is 29.5 Å². The molecule has 4 heteroatoms. The molecule has 1 saturated heterocycles. The Bertz CT molecular complexity index is 442. The Balaban J connectivity index is 2.09. The van der Waals surface area contributed by atoms with Crippen molar-refractivity contribution in [1.29, 1.82) is 0 Å². The fraction of sp³-hybridized carbons (Fsp3) is 0.600. The van der Waals surface area contributed by atoms with Crippen LogP contribution >= 0.6 is 15.9 Å². The second-order valence-corrected chi connectivity index (χ2v) is 6.75. The first-order chi connectivity index (χ1) is 8.91. The van der Waals surface area contributed by atoms with E-state index >= 15 is 0 Å². The molecule has 19 heavy (non-hydrogen) atoms. The molecule has 1 aliphatic rings. The molecule has 1 fully saturated rings. The van der Waals surface area contributed by atoms with Crippen molar-refractivity contribution in [3.63, 3.8) is 0 Å². The number of rotatable bonds is 4. The van der Waals surface area contributed by atoms with Crippen LogP contribution in [0.1, 0.15) is 32.3 Å². The first-order valence-electron chi connectivity index (χ1n) is 6.86. The smallest absolute Gasteiger partial charge is 0.124 e. The van der Waals surface area contributed by atoms with E-state index in [0.29, 0.717) is 0 Å². The third kappa shape index (κ3) is 3.36. The van der Waals surface area contributed by atoms with E-state index in [-0.39, 0.29) is 17.4 Å². The molecule has 2 nitrogen and oxygen atoms in total. The molecular formula is C15H22BrFN2. The topological polar surface area (TPSA) is 29.3 Å². The van der Waals surface area contributed by atoms with E-state index in [2.05, 4.69) is 34.7 Å². The van der Waals surface area contributed by atoms with Crippen molar-refractivity contribution in [2.45, 2.75) is 44.7 Å².